The van der Waals surface area contributed by atoms with Crippen LogP contribution >= 0.6 is 11.3 Å². The molecule has 2 aromatic heterocycles. The normalized spacial score (nSPS) is 10.4. The molecule has 2 heterocycles. The fraction of sp³-hybridized carbons (Fsp3) is 0.250. The summed E-state index contributed by atoms with van der Waals surface area (Å²) >= 11 is 1.53. The third-order valence-electron chi connectivity index (χ3n) is 3.31. The summed E-state index contributed by atoms with van der Waals surface area (Å²) in [4.78, 5) is 4.62. The number of hydrogen-bond donors (Lipinski definition) is 0. The Hall–Kier alpha value is -2.92. The summed E-state index contributed by atoms with van der Waals surface area (Å²) in [6, 6.07) is 7.75. The average Bonchev–Trinajstić information content (AvgIpc) is 3.25. The second kappa shape index (κ2) is 7.10. The SMILES string of the molecule is CCOc1ccc(-c2nc(Cn3cnnc3C#N)cs2)cc1OC. The van der Waals surface area contributed by atoms with Crippen LogP contribution in [-0.2, 0) is 6.54 Å². The van der Waals surface area contributed by atoms with Crippen molar-refractivity contribution in [1.29, 1.82) is 5.26 Å². The molecule has 3 aromatic rings. The van der Waals surface area contributed by atoms with E-state index in [-0.39, 0.29) is 5.82 Å². The maximum atomic E-state index is 8.98. The molecule has 7 nitrogen and oxygen atoms in total. The van der Waals surface area contributed by atoms with Gasteiger partial charge in [-0.05, 0) is 25.1 Å². The van der Waals surface area contributed by atoms with Crippen LogP contribution in [0.3, 0.4) is 0 Å². The lowest BCUT2D eigenvalue weighted by Gasteiger charge is -2.09. The number of nitrogens with zero attached hydrogens (tertiary/aromatic N) is 5. The largest absolute Gasteiger partial charge is 0.493 e. The Kier molecular flexibility index (Phi) is 4.72. The van der Waals surface area contributed by atoms with Crippen molar-refractivity contribution < 1.29 is 9.47 Å². The van der Waals surface area contributed by atoms with Gasteiger partial charge in [0.05, 0.1) is 26.0 Å². The van der Waals surface area contributed by atoms with E-state index in [1.807, 2.05) is 36.6 Å². The Morgan fingerprint density at radius 1 is 1.33 bits per heavy atom. The van der Waals surface area contributed by atoms with E-state index in [0.717, 1.165) is 16.3 Å². The Balaban J connectivity index is 1.84. The summed E-state index contributed by atoms with van der Waals surface area (Å²) in [5.41, 5.74) is 1.80. The third-order valence-corrected chi connectivity index (χ3v) is 4.25. The molecule has 0 spiro atoms. The zero-order chi connectivity index (χ0) is 16.9. The molecule has 24 heavy (non-hydrogen) atoms. The Bertz CT molecular complexity index is 881. The number of ether oxygens (including phenoxy) is 2. The summed E-state index contributed by atoms with van der Waals surface area (Å²) in [5, 5.41) is 19.3. The molecule has 1 aromatic carbocycles. The monoisotopic (exact) mass is 341 g/mol. The van der Waals surface area contributed by atoms with Gasteiger partial charge >= 0.3 is 0 Å². The van der Waals surface area contributed by atoms with Gasteiger partial charge in [-0.1, -0.05) is 0 Å². The maximum absolute atomic E-state index is 8.98. The van der Waals surface area contributed by atoms with E-state index in [1.54, 1.807) is 11.7 Å². The van der Waals surface area contributed by atoms with Gasteiger partial charge in [0, 0.05) is 10.9 Å². The molecule has 0 fully saturated rings. The van der Waals surface area contributed by atoms with E-state index in [0.29, 0.717) is 24.7 Å². The topological polar surface area (TPSA) is 85.9 Å². The highest BCUT2D eigenvalue weighted by molar-refractivity contribution is 7.13. The smallest absolute Gasteiger partial charge is 0.235 e. The molecule has 0 amide bonds. The number of hydrogen-bond acceptors (Lipinski definition) is 7. The van der Waals surface area contributed by atoms with Crippen molar-refractivity contribution in [2.45, 2.75) is 13.5 Å². The molecule has 0 radical (unpaired) electrons. The van der Waals surface area contributed by atoms with Gasteiger partial charge in [-0.3, -0.25) is 4.57 Å². The van der Waals surface area contributed by atoms with Crippen LogP contribution in [0, 0.1) is 11.3 Å². The number of aromatic nitrogens is 4. The average molecular weight is 341 g/mol. The van der Waals surface area contributed by atoms with Gasteiger partial charge in [-0.25, -0.2) is 4.98 Å². The molecule has 8 heteroatoms. The lowest BCUT2D eigenvalue weighted by molar-refractivity contribution is 0.311. The summed E-state index contributed by atoms with van der Waals surface area (Å²) in [6.07, 6.45) is 1.53. The highest BCUT2D eigenvalue weighted by Gasteiger charge is 2.11. The first-order valence-electron chi connectivity index (χ1n) is 7.28. The fourth-order valence-electron chi connectivity index (χ4n) is 2.22. The van der Waals surface area contributed by atoms with Crippen molar-refractivity contribution in [2.24, 2.45) is 0 Å². The molecule has 0 aliphatic heterocycles. The van der Waals surface area contributed by atoms with Crippen LogP contribution in [0.4, 0.5) is 0 Å². The molecule has 0 saturated heterocycles. The van der Waals surface area contributed by atoms with Gasteiger partial charge in [0.25, 0.3) is 0 Å². The minimum Gasteiger partial charge on any atom is -0.493 e. The highest BCUT2D eigenvalue weighted by Crippen LogP contribution is 2.33. The molecular formula is C16H15N5O2S. The molecule has 0 atom stereocenters. The summed E-state index contributed by atoms with van der Waals surface area (Å²) in [7, 11) is 1.62. The predicted octanol–water partition coefficient (Wildman–Crippen LogP) is 2.73. The Labute approximate surface area is 143 Å². The van der Waals surface area contributed by atoms with Crippen LogP contribution in [0.5, 0.6) is 11.5 Å². The first kappa shape index (κ1) is 16.0. The van der Waals surface area contributed by atoms with Crippen LogP contribution in [0.1, 0.15) is 18.4 Å². The quantitative estimate of drug-likeness (QED) is 0.685. The summed E-state index contributed by atoms with van der Waals surface area (Å²) < 4.78 is 12.6. The van der Waals surface area contributed by atoms with Crippen molar-refractivity contribution in [1.82, 2.24) is 19.7 Å². The second-order valence-electron chi connectivity index (χ2n) is 4.84. The first-order chi connectivity index (χ1) is 11.7. The van der Waals surface area contributed by atoms with Gasteiger partial charge in [0.1, 0.15) is 17.4 Å². The van der Waals surface area contributed by atoms with E-state index < -0.39 is 0 Å². The molecule has 0 N–H and O–H groups in total. The number of benzene rings is 1. The molecule has 3 rings (SSSR count). The van der Waals surface area contributed by atoms with Crippen molar-refractivity contribution in [3.8, 4) is 28.1 Å². The maximum Gasteiger partial charge on any atom is 0.235 e. The summed E-state index contributed by atoms with van der Waals surface area (Å²) in [6.45, 7) is 2.97. The molecule has 0 saturated carbocycles. The third kappa shape index (κ3) is 3.21. The molecule has 0 bridgehead atoms. The van der Waals surface area contributed by atoms with Gasteiger partial charge in [0.15, 0.2) is 11.5 Å². The van der Waals surface area contributed by atoms with E-state index in [4.69, 9.17) is 14.7 Å². The van der Waals surface area contributed by atoms with Gasteiger partial charge in [0.2, 0.25) is 5.82 Å². The first-order valence-corrected chi connectivity index (χ1v) is 8.16. The molecule has 0 unspecified atom stereocenters. The van der Waals surface area contributed by atoms with Crippen LogP contribution < -0.4 is 9.47 Å². The summed E-state index contributed by atoms with van der Waals surface area (Å²) in [5.74, 6) is 1.66. The molecule has 0 aliphatic rings. The van der Waals surface area contributed by atoms with Gasteiger partial charge < -0.3 is 9.47 Å². The van der Waals surface area contributed by atoms with Crippen molar-refractivity contribution in [3.63, 3.8) is 0 Å². The highest BCUT2D eigenvalue weighted by atomic mass is 32.1. The fourth-order valence-corrected chi connectivity index (χ4v) is 3.03. The minimum absolute atomic E-state index is 0.271. The number of methoxy groups -OCH3 is 1. The molecule has 122 valence electrons. The van der Waals surface area contributed by atoms with Gasteiger partial charge in [-0.2, -0.15) is 5.26 Å². The van der Waals surface area contributed by atoms with Crippen molar-refractivity contribution >= 4 is 11.3 Å². The van der Waals surface area contributed by atoms with Gasteiger partial charge in [-0.15, -0.1) is 21.5 Å². The standard InChI is InChI=1S/C16H15N5O2S/c1-3-23-13-5-4-11(6-14(13)22-2)16-19-12(9-24-16)8-21-10-18-20-15(21)7-17/h4-6,9-10H,3,8H2,1-2H3. The predicted molar refractivity (Wildman–Crippen MR) is 89.1 cm³/mol. The lowest BCUT2D eigenvalue weighted by Crippen LogP contribution is -2.01. The second-order valence-corrected chi connectivity index (χ2v) is 5.70. The van der Waals surface area contributed by atoms with Crippen molar-refractivity contribution in [3.05, 3.63) is 41.4 Å². The zero-order valence-electron chi connectivity index (χ0n) is 13.3. The molecular weight excluding hydrogens is 326 g/mol. The van der Waals surface area contributed by atoms with E-state index in [2.05, 4.69) is 15.2 Å². The number of rotatable bonds is 6. The number of nitriles is 1. The minimum atomic E-state index is 0.271. The lowest BCUT2D eigenvalue weighted by atomic mass is 10.2. The van der Waals surface area contributed by atoms with E-state index in [9.17, 15) is 0 Å². The zero-order valence-corrected chi connectivity index (χ0v) is 14.1. The van der Waals surface area contributed by atoms with E-state index >= 15 is 0 Å². The Morgan fingerprint density at radius 2 is 2.21 bits per heavy atom. The van der Waals surface area contributed by atoms with Crippen LogP contribution in [0.2, 0.25) is 0 Å². The van der Waals surface area contributed by atoms with Crippen LogP contribution in [0.15, 0.2) is 29.9 Å². The van der Waals surface area contributed by atoms with Crippen molar-refractivity contribution in [2.75, 3.05) is 13.7 Å². The number of thiazole rings is 1. The molecule has 0 aliphatic carbocycles. The van der Waals surface area contributed by atoms with E-state index in [1.165, 1.54) is 17.7 Å². The van der Waals surface area contributed by atoms with Crippen LogP contribution in [-0.4, -0.2) is 33.5 Å². The Morgan fingerprint density at radius 3 is 2.96 bits per heavy atom. The van der Waals surface area contributed by atoms with Crippen LogP contribution in [0.25, 0.3) is 10.6 Å².